The predicted molar refractivity (Wildman–Crippen MR) is 71.9 cm³/mol. The number of ether oxygens (including phenoxy) is 2. The molecule has 0 radical (unpaired) electrons. The van der Waals surface area contributed by atoms with Gasteiger partial charge in [0.05, 0.1) is 31.3 Å². The van der Waals surface area contributed by atoms with Gasteiger partial charge in [0, 0.05) is 5.56 Å². The molecule has 19 heavy (non-hydrogen) atoms. The first-order chi connectivity index (χ1) is 9.08. The highest BCUT2D eigenvalue weighted by molar-refractivity contribution is 5.98. The van der Waals surface area contributed by atoms with Crippen LogP contribution in [0.1, 0.15) is 42.3 Å². The molecule has 0 amide bonds. The summed E-state index contributed by atoms with van der Waals surface area (Å²) in [6, 6.07) is 5.94. The van der Waals surface area contributed by atoms with E-state index in [0.29, 0.717) is 13.2 Å². The minimum atomic E-state index is -0.0321. The van der Waals surface area contributed by atoms with Crippen molar-refractivity contribution in [3.8, 4) is 0 Å². The van der Waals surface area contributed by atoms with E-state index in [2.05, 4.69) is 6.92 Å². The topological polar surface area (TPSA) is 35.5 Å². The van der Waals surface area contributed by atoms with E-state index in [1.807, 2.05) is 32.0 Å². The van der Waals surface area contributed by atoms with Crippen LogP contribution in [0.5, 0.6) is 0 Å². The van der Waals surface area contributed by atoms with E-state index in [1.54, 1.807) is 0 Å². The zero-order valence-electron chi connectivity index (χ0n) is 11.7. The molecule has 0 aromatic heterocycles. The lowest BCUT2D eigenvalue weighted by Gasteiger charge is -2.17. The second-order valence-corrected chi connectivity index (χ2v) is 5.77. The van der Waals surface area contributed by atoms with Crippen LogP contribution in [0, 0.1) is 11.8 Å². The number of benzene rings is 1. The van der Waals surface area contributed by atoms with Crippen LogP contribution >= 0.6 is 0 Å². The SMILES string of the molecule is CC1OC(C)C(C(=O)c2ccc3c(c2)COC3)C1C. The third-order valence-electron chi connectivity index (χ3n) is 4.55. The molecular formula is C16H20O3. The van der Waals surface area contributed by atoms with E-state index >= 15 is 0 Å². The molecule has 3 nitrogen and oxygen atoms in total. The Kier molecular flexibility index (Phi) is 3.19. The van der Waals surface area contributed by atoms with Gasteiger partial charge in [0.15, 0.2) is 5.78 Å². The number of ketones is 1. The number of rotatable bonds is 2. The van der Waals surface area contributed by atoms with Gasteiger partial charge in [-0.15, -0.1) is 0 Å². The van der Waals surface area contributed by atoms with Gasteiger partial charge in [-0.2, -0.15) is 0 Å². The van der Waals surface area contributed by atoms with Crippen LogP contribution in [-0.2, 0) is 22.7 Å². The number of Topliss-reactive ketones (excluding diaryl/α,β-unsaturated/α-hetero) is 1. The molecule has 2 aliphatic heterocycles. The van der Waals surface area contributed by atoms with Gasteiger partial charge in [-0.1, -0.05) is 19.1 Å². The molecule has 1 saturated heterocycles. The van der Waals surface area contributed by atoms with Crippen molar-refractivity contribution in [2.75, 3.05) is 0 Å². The lowest BCUT2D eigenvalue weighted by Crippen LogP contribution is -2.27. The largest absolute Gasteiger partial charge is 0.374 e. The molecule has 4 atom stereocenters. The lowest BCUT2D eigenvalue weighted by atomic mass is 9.83. The third kappa shape index (κ3) is 2.11. The summed E-state index contributed by atoms with van der Waals surface area (Å²) in [4.78, 5) is 12.7. The van der Waals surface area contributed by atoms with Gasteiger partial charge in [0.2, 0.25) is 0 Å². The standard InChI is InChI=1S/C16H20O3/c1-9-10(2)19-11(3)15(9)16(17)12-4-5-13-7-18-8-14(13)6-12/h4-6,9-11,15H,7-8H2,1-3H3. The number of hydrogen-bond donors (Lipinski definition) is 0. The summed E-state index contributed by atoms with van der Waals surface area (Å²) in [6.07, 6.45) is 0.156. The van der Waals surface area contributed by atoms with Crippen molar-refractivity contribution in [1.82, 2.24) is 0 Å². The number of hydrogen-bond acceptors (Lipinski definition) is 3. The van der Waals surface area contributed by atoms with E-state index in [-0.39, 0.29) is 29.8 Å². The molecule has 0 bridgehead atoms. The van der Waals surface area contributed by atoms with Gasteiger partial charge in [0.1, 0.15) is 0 Å². The van der Waals surface area contributed by atoms with E-state index < -0.39 is 0 Å². The Hall–Kier alpha value is -1.19. The Morgan fingerprint density at radius 2 is 1.84 bits per heavy atom. The second kappa shape index (κ2) is 4.73. The zero-order valence-corrected chi connectivity index (χ0v) is 11.7. The highest BCUT2D eigenvalue weighted by Crippen LogP contribution is 2.35. The molecule has 4 unspecified atom stereocenters. The molecule has 2 aliphatic rings. The molecular weight excluding hydrogens is 240 g/mol. The predicted octanol–water partition coefficient (Wildman–Crippen LogP) is 2.96. The van der Waals surface area contributed by atoms with Crippen LogP contribution in [-0.4, -0.2) is 18.0 Å². The molecule has 1 aromatic carbocycles. The first-order valence-electron chi connectivity index (χ1n) is 6.97. The van der Waals surface area contributed by atoms with Crippen LogP contribution in [0.25, 0.3) is 0 Å². The number of carbonyl (C=O) groups excluding carboxylic acids is 1. The molecule has 0 N–H and O–H groups in total. The fourth-order valence-corrected chi connectivity index (χ4v) is 3.24. The van der Waals surface area contributed by atoms with Crippen LogP contribution in [0.3, 0.4) is 0 Å². The molecule has 0 aliphatic carbocycles. The van der Waals surface area contributed by atoms with Crippen LogP contribution in [0.2, 0.25) is 0 Å². The summed E-state index contributed by atoms with van der Waals surface area (Å²) in [5, 5.41) is 0. The normalized spacial score (nSPS) is 33.4. The first-order valence-corrected chi connectivity index (χ1v) is 6.97. The Morgan fingerprint density at radius 3 is 2.53 bits per heavy atom. The molecule has 1 fully saturated rings. The Bertz CT molecular complexity index is 509. The average Bonchev–Trinajstić information content (AvgIpc) is 2.94. The molecule has 3 heteroatoms. The van der Waals surface area contributed by atoms with Crippen LogP contribution in [0.15, 0.2) is 18.2 Å². The summed E-state index contributed by atoms with van der Waals surface area (Å²) in [5.74, 6) is 0.446. The van der Waals surface area contributed by atoms with Crippen LogP contribution < -0.4 is 0 Å². The summed E-state index contributed by atoms with van der Waals surface area (Å²) in [5.41, 5.74) is 3.15. The Balaban J connectivity index is 1.88. The molecule has 3 rings (SSSR count). The molecule has 2 heterocycles. The van der Waals surface area contributed by atoms with Crippen LogP contribution in [0.4, 0.5) is 0 Å². The minimum absolute atomic E-state index is 0.00186. The van der Waals surface area contributed by atoms with Crippen molar-refractivity contribution in [2.24, 2.45) is 11.8 Å². The van der Waals surface area contributed by atoms with Gasteiger partial charge in [-0.05, 0) is 37.0 Å². The summed E-state index contributed by atoms with van der Waals surface area (Å²) in [7, 11) is 0. The Morgan fingerprint density at radius 1 is 1.11 bits per heavy atom. The fraction of sp³-hybridized carbons (Fsp3) is 0.562. The van der Waals surface area contributed by atoms with E-state index in [4.69, 9.17) is 9.47 Å². The van der Waals surface area contributed by atoms with Gasteiger partial charge in [-0.25, -0.2) is 0 Å². The summed E-state index contributed by atoms with van der Waals surface area (Å²) >= 11 is 0. The Labute approximate surface area is 113 Å². The third-order valence-corrected chi connectivity index (χ3v) is 4.55. The lowest BCUT2D eigenvalue weighted by molar-refractivity contribution is 0.0491. The fourth-order valence-electron chi connectivity index (χ4n) is 3.24. The molecule has 0 saturated carbocycles. The second-order valence-electron chi connectivity index (χ2n) is 5.77. The van der Waals surface area contributed by atoms with Gasteiger partial charge < -0.3 is 9.47 Å². The number of carbonyl (C=O) groups is 1. The zero-order chi connectivity index (χ0) is 13.6. The van der Waals surface area contributed by atoms with Crippen molar-refractivity contribution in [2.45, 2.75) is 46.2 Å². The van der Waals surface area contributed by atoms with Crippen molar-refractivity contribution >= 4 is 5.78 Å². The van der Waals surface area contributed by atoms with Crippen molar-refractivity contribution in [1.29, 1.82) is 0 Å². The smallest absolute Gasteiger partial charge is 0.168 e. The summed E-state index contributed by atoms with van der Waals surface area (Å²) in [6.45, 7) is 7.44. The first kappa shape index (κ1) is 12.8. The maximum absolute atomic E-state index is 12.7. The molecule has 1 aromatic rings. The molecule has 102 valence electrons. The van der Waals surface area contributed by atoms with Crippen molar-refractivity contribution < 1.29 is 14.3 Å². The van der Waals surface area contributed by atoms with Gasteiger partial charge in [0.25, 0.3) is 0 Å². The molecule has 0 spiro atoms. The van der Waals surface area contributed by atoms with E-state index in [0.717, 1.165) is 11.1 Å². The average molecular weight is 260 g/mol. The quantitative estimate of drug-likeness (QED) is 0.767. The number of fused-ring (bicyclic) bond motifs is 1. The maximum atomic E-state index is 12.7. The maximum Gasteiger partial charge on any atom is 0.168 e. The minimum Gasteiger partial charge on any atom is -0.374 e. The van der Waals surface area contributed by atoms with E-state index in [1.165, 1.54) is 5.56 Å². The highest BCUT2D eigenvalue weighted by atomic mass is 16.5. The van der Waals surface area contributed by atoms with Crippen molar-refractivity contribution in [3.63, 3.8) is 0 Å². The van der Waals surface area contributed by atoms with Crippen molar-refractivity contribution in [3.05, 3.63) is 34.9 Å². The monoisotopic (exact) mass is 260 g/mol. The highest BCUT2D eigenvalue weighted by Gasteiger charge is 2.41. The van der Waals surface area contributed by atoms with Gasteiger partial charge >= 0.3 is 0 Å². The van der Waals surface area contributed by atoms with E-state index in [9.17, 15) is 4.79 Å². The van der Waals surface area contributed by atoms with Gasteiger partial charge in [-0.3, -0.25) is 4.79 Å². The summed E-state index contributed by atoms with van der Waals surface area (Å²) < 4.78 is 11.2.